The highest BCUT2D eigenvalue weighted by Crippen LogP contribution is 2.30. The van der Waals surface area contributed by atoms with Crippen molar-refractivity contribution in [2.75, 3.05) is 13.2 Å². The molecule has 2 heterocycles. The molecule has 1 fully saturated rings. The Morgan fingerprint density at radius 1 is 1.56 bits per heavy atom. The average Bonchev–Trinajstić information content (AvgIpc) is 2.57. The summed E-state index contributed by atoms with van der Waals surface area (Å²) in [5.74, 6) is 0.627. The third kappa shape index (κ3) is 2.18. The van der Waals surface area contributed by atoms with Gasteiger partial charge in [-0.1, -0.05) is 0 Å². The van der Waals surface area contributed by atoms with Gasteiger partial charge in [-0.3, -0.25) is 4.79 Å². The molecule has 0 atom stereocenters. The Labute approximate surface area is 94.0 Å². The molecular weight excluding hydrogens is 210 g/mol. The van der Waals surface area contributed by atoms with E-state index in [1.165, 1.54) is 0 Å². The molecule has 0 unspecified atom stereocenters. The first kappa shape index (κ1) is 11.0. The maximum Gasteiger partial charge on any atom is 0.416 e. The van der Waals surface area contributed by atoms with Crippen LogP contribution in [0, 0.1) is 0 Å². The molecule has 88 valence electrons. The molecule has 0 bridgehead atoms. The molecule has 5 nitrogen and oxygen atoms in total. The Balaban J connectivity index is 1.79. The lowest BCUT2D eigenvalue weighted by Gasteiger charge is -2.34. The molecule has 0 aromatic heterocycles. The van der Waals surface area contributed by atoms with E-state index in [0.29, 0.717) is 19.6 Å². The van der Waals surface area contributed by atoms with Gasteiger partial charge in [-0.25, -0.2) is 9.69 Å². The van der Waals surface area contributed by atoms with Crippen molar-refractivity contribution in [1.82, 2.24) is 4.90 Å². The first-order valence-electron chi connectivity index (χ1n) is 5.36. The normalized spacial score (nSPS) is 22.0. The minimum Gasteiger partial charge on any atom is -0.488 e. The van der Waals surface area contributed by atoms with E-state index >= 15 is 0 Å². The van der Waals surface area contributed by atoms with Crippen LogP contribution in [-0.2, 0) is 14.3 Å². The van der Waals surface area contributed by atoms with Gasteiger partial charge in [0, 0.05) is 12.8 Å². The van der Waals surface area contributed by atoms with Gasteiger partial charge in [0.1, 0.15) is 12.2 Å². The topological polar surface area (TPSA) is 55.8 Å². The zero-order valence-corrected chi connectivity index (χ0v) is 9.49. The van der Waals surface area contributed by atoms with E-state index in [4.69, 9.17) is 4.74 Å². The Bertz CT molecular complexity index is 359. The lowest BCUT2D eigenvalue weighted by molar-refractivity contribution is -0.128. The van der Waals surface area contributed by atoms with Crippen molar-refractivity contribution in [1.29, 1.82) is 0 Å². The van der Waals surface area contributed by atoms with E-state index in [9.17, 15) is 9.59 Å². The molecule has 2 amide bonds. The maximum absolute atomic E-state index is 11.6. The molecular formula is C11H15NO4. The van der Waals surface area contributed by atoms with Gasteiger partial charge in [-0.05, 0) is 19.9 Å². The minimum atomic E-state index is -0.533. The molecule has 0 radical (unpaired) electrons. The van der Waals surface area contributed by atoms with Crippen LogP contribution in [-0.4, -0.2) is 35.7 Å². The Morgan fingerprint density at radius 3 is 2.75 bits per heavy atom. The summed E-state index contributed by atoms with van der Waals surface area (Å²) in [6.07, 6.45) is 2.29. The van der Waals surface area contributed by atoms with E-state index in [-0.39, 0.29) is 17.9 Å². The zero-order valence-electron chi connectivity index (χ0n) is 9.49. The number of ether oxygens (including phenoxy) is 2. The van der Waals surface area contributed by atoms with Gasteiger partial charge in [0.25, 0.3) is 0 Å². The number of carbonyl (C=O) groups excluding carboxylic acids is 2. The van der Waals surface area contributed by atoms with Crippen molar-refractivity contribution < 1.29 is 19.1 Å². The van der Waals surface area contributed by atoms with Crippen molar-refractivity contribution >= 4 is 12.0 Å². The van der Waals surface area contributed by atoms with Crippen LogP contribution in [0.5, 0.6) is 0 Å². The number of hydrogen-bond acceptors (Lipinski definition) is 4. The van der Waals surface area contributed by atoms with E-state index in [1.807, 2.05) is 19.9 Å². The molecule has 0 spiro atoms. The van der Waals surface area contributed by atoms with Crippen LogP contribution >= 0.6 is 0 Å². The van der Waals surface area contributed by atoms with Crippen molar-refractivity contribution in [3.8, 4) is 0 Å². The number of allylic oxidation sites excluding steroid dienone is 1. The number of carbonyl (C=O) groups is 2. The molecule has 1 saturated heterocycles. The molecule has 2 rings (SSSR count). The third-order valence-corrected chi connectivity index (χ3v) is 2.55. The molecule has 2 aliphatic heterocycles. The molecule has 0 saturated carbocycles. The number of amides is 2. The van der Waals surface area contributed by atoms with Gasteiger partial charge in [-0.15, -0.1) is 0 Å². The van der Waals surface area contributed by atoms with Gasteiger partial charge in [0.2, 0.25) is 5.91 Å². The zero-order chi connectivity index (χ0) is 11.8. The molecule has 0 N–H and O–H groups in total. The Kier molecular flexibility index (Phi) is 2.61. The van der Waals surface area contributed by atoms with Crippen LogP contribution in [0.15, 0.2) is 11.8 Å². The van der Waals surface area contributed by atoms with Crippen molar-refractivity contribution in [2.24, 2.45) is 0 Å². The van der Waals surface area contributed by atoms with Crippen LogP contribution in [0.25, 0.3) is 0 Å². The summed E-state index contributed by atoms with van der Waals surface area (Å²) in [5.41, 5.74) is -0.203. The van der Waals surface area contributed by atoms with E-state index in [2.05, 4.69) is 4.74 Å². The van der Waals surface area contributed by atoms with Gasteiger partial charge in [-0.2, -0.15) is 0 Å². The lowest BCUT2D eigenvalue weighted by atomic mass is 10.0. The van der Waals surface area contributed by atoms with Gasteiger partial charge in [0.15, 0.2) is 0 Å². The molecule has 16 heavy (non-hydrogen) atoms. The van der Waals surface area contributed by atoms with Crippen molar-refractivity contribution in [3.05, 3.63) is 11.8 Å². The lowest BCUT2D eigenvalue weighted by Crippen LogP contribution is -2.33. The number of hydrogen-bond donors (Lipinski definition) is 0. The summed E-state index contributed by atoms with van der Waals surface area (Å²) in [6.45, 7) is 4.58. The first-order chi connectivity index (χ1) is 7.48. The minimum absolute atomic E-state index is 0.197. The first-order valence-corrected chi connectivity index (χ1v) is 5.36. The largest absolute Gasteiger partial charge is 0.488 e. The van der Waals surface area contributed by atoms with Gasteiger partial charge in [0.05, 0.1) is 12.3 Å². The maximum atomic E-state index is 11.6. The van der Waals surface area contributed by atoms with Crippen molar-refractivity contribution in [3.63, 3.8) is 0 Å². The second kappa shape index (κ2) is 3.81. The molecule has 0 aromatic rings. The summed E-state index contributed by atoms with van der Waals surface area (Å²) >= 11 is 0. The monoisotopic (exact) mass is 225 g/mol. The van der Waals surface area contributed by atoms with Gasteiger partial charge >= 0.3 is 6.09 Å². The Hall–Kier alpha value is -1.52. The predicted octanol–water partition coefficient (Wildman–Crippen LogP) is 1.44. The Morgan fingerprint density at radius 2 is 2.25 bits per heavy atom. The van der Waals surface area contributed by atoms with Crippen LogP contribution in [0.3, 0.4) is 0 Å². The SMILES string of the molecule is CC1(C)C=C(CCC(=O)N2CCOC2=O)O1. The van der Waals surface area contributed by atoms with Crippen LogP contribution in [0.1, 0.15) is 26.7 Å². The standard InChI is InChI=1S/C11H15NO4/c1-11(2)7-8(16-11)3-4-9(13)12-5-6-15-10(12)14/h7H,3-6H2,1-2H3. The number of rotatable bonds is 3. The predicted molar refractivity (Wildman–Crippen MR) is 55.5 cm³/mol. The van der Waals surface area contributed by atoms with Crippen molar-refractivity contribution in [2.45, 2.75) is 32.3 Å². The highest BCUT2D eigenvalue weighted by atomic mass is 16.6. The molecule has 0 aliphatic carbocycles. The molecule has 5 heteroatoms. The second-order valence-electron chi connectivity index (χ2n) is 4.48. The number of imide groups is 1. The molecule has 2 aliphatic rings. The average molecular weight is 225 g/mol. The van der Waals surface area contributed by atoms with E-state index in [0.717, 1.165) is 10.7 Å². The van der Waals surface area contributed by atoms with Gasteiger partial charge < -0.3 is 9.47 Å². The number of nitrogens with zero attached hydrogens (tertiary/aromatic N) is 1. The fourth-order valence-corrected chi connectivity index (χ4v) is 1.83. The fraction of sp³-hybridized carbons (Fsp3) is 0.636. The fourth-order valence-electron chi connectivity index (χ4n) is 1.83. The summed E-state index contributed by atoms with van der Waals surface area (Å²) in [4.78, 5) is 23.8. The third-order valence-electron chi connectivity index (χ3n) is 2.55. The number of cyclic esters (lactones) is 1. The smallest absolute Gasteiger partial charge is 0.416 e. The van der Waals surface area contributed by atoms with Crippen LogP contribution < -0.4 is 0 Å². The van der Waals surface area contributed by atoms with E-state index in [1.54, 1.807) is 0 Å². The van der Waals surface area contributed by atoms with Crippen LogP contribution in [0.4, 0.5) is 4.79 Å². The molecule has 0 aromatic carbocycles. The van der Waals surface area contributed by atoms with Crippen LogP contribution in [0.2, 0.25) is 0 Å². The second-order valence-corrected chi connectivity index (χ2v) is 4.48. The summed E-state index contributed by atoms with van der Waals surface area (Å²) < 4.78 is 10.1. The summed E-state index contributed by atoms with van der Waals surface area (Å²) in [6, 6.07) is 0. The highest BCUT2D eigenvalue weighted by molar-refractivity contribution is 5.92. The summed E-state index contributed by atoms with van der Waals surface area (Å²) in [5, 5.41) is 0. The highest BCUT2D eigenvalue weighted by Gasteiger charge is 2.31. The van der Waals surface area contributed by atoms with E-state index < -0.39 is 6.09 Å². The summed E-state index contributed by atoms with van der Waals surface area (Å²) in [7, 11) is 0. The quantitative estimate of drug-likeness (QED) is 0.729.